The van der Waals surface area contributed by atoms with Crippen molar-refractivity contribution in [1.29, 1.82) is 0 Å². The van der Waals surface area contributed by atoms with Crippen LogP contribution in [0.3, 0.4) is 0 Å². The Bertz CT molecular complexity index is 792. The topological polar surface area (TPSA) is 60.0 Å². The Morgan fingerprint density at radius 1 is 1.07 bits per heavy atom. The number of methoxy groups -OCH3 is 1. The second-order valence-electron chi connectivity index (χ2n) is 6.62. The van der Waals surface area contributed by atoms with E-state index in [0.29, 0.717) is 36.4 Å². The fraction of sp³-hybridized carbons (Fsp3) is 0.409. The third kappa shape index (κ3) is 4.75. The van der Waals surface area contributed by atoms with Gasteiger partial charge < -0.3 is 24.4 Å². The van der Waals surface area contributed by atoms with Gasteiger partial charge in [-0.1, -0.05) is 0 Å². The van der Waals surface area contributed by atoms with E-state index in [9.17, 15) is 4.79 Å². The predicted octanol–water partition coefficient (Wildman–Crippen LogP) is 3.96. The molecule has 28 heavy (non-hydrogen) atoms. The molecule has 1 heterocycles. The molecule has 150 valence electrons. The van der Waals surface area contributed by atoms with Gasteiger partial charge in [0.25, 0.3) is 5.91 Å². The van der Waals surface area contributed by atoms with Crippen molar-refractivity contribution in [3.63, 3.8) is 0 Å². The van der Waals surface area contributed by atoms with Gasteiger partial charge in [0.15, 0.2) is 11.5 Å². The molecule has 1 amide bonds. The summed E-state index contributed by atoms with van der Waals surface area (Å²) in [4.78, 5) is 14.9. The summed E-state index contributed by atoms with van der Waals surface area (Å²) in [5, 5.41) is 2.94. The second-order valence-corrected chi connectivity index (χ2v) is 6.62. The lowest BCUT2D eigenvalue weighted by Crippen LogP contribution is -2.22. The van der Waals surface area contributed by atoms with Crippen LogP contribution in [0, 0.1) is 0 Å². The largest absolute Gasteiger partial charge is 0.490 e. The molecule has 6 heteroatoms. The number of carbonyl (C=O) groups excluding carboxylic acids is 1. The summed E-state index contributed by atoms with van der Waals surface area (Å²) in [6, 6.07) is 13.1. The highest BCUT2D eigenvalue weighted by atomic mass is 16.5. The van der Waals surface area contributed by atoms with Gasteiger partial charge in [-0.3, -0.25) is 4.79 Å². The SMILES string of the molecule is CCOc1ccc(C(=O)Nc2ccc(N3CCC(OC)C3)cc2)cc1OCC. The van der Waals surface area contributed by atoms with E-state index in [2.05, 4.69) is 10.2 Å². The molecule has 0 bridgehead atoms. The van der Waals surface area contributed by atoms with Crippen molar-refractivity contribution in [2.24, 2.45) is 0 Å². The summed E-state index contributed by atoms with van der Waals surface area (Å²) < 4.78 is 16.6. The first kappa shape index (κ1) is 20.0. The third-order valence-corrected chi connectivity index (χ3v) is 4.77. The minimum Gasteiger partial charge on any atom is -0.490 e. The molecular formula is C22H28N2O4. The molecule has 1 fully saturated rings. The van der Waals surface area contributed by atoms with E-state index in [0.717, 1.165) is 30.9 Å². The number of amides is 1. The molecule has 0 aromatic heterocycles. The van der Waals surface area contributed by atoms with Gasteiger partial charge in [0.05, 0.1) is 19.3 Å². The van der Waals surface area contributed by atoms with Crippen LogP contribution in [0.2, 0.25) is 0 Å². The fourth-order valence-electron chi connectivity index (χ4n) is 3.31. The van der Waals surface area contributed by atoms with Crippen LogP contribution in [0.4, 0.5) is 11.4 Å². The first-order chi connectivity index (χ1) is 13.6. The van der Waals surface area contributed by atoms with Gasteiger partial charge in [-0.2, -0.15) is 0 Å². The Morgan fingerprint density at radius 2 is 1.79 bits per heavy atom. The highest BCUT2D eigenvalue weighted by Gasteiger charge is 2.22. The summed E-state index contributed by atoms with van der Waals surface area (Å²) in [7, 11) is 1.75. The van der Waals surface area contributed by atoms with E-state index in [4.69, 9.17) is 14.2 Å². The molecule has 1 aliphatic heterocycles. The number of benzene rings is 2. The standard InChI is InChI=1S/C22H28N2O4/c1-4-27-20-11-6-16(14-21(20)28-5-2)22(25)23-17-7-9-18(10-8-17)24-13-12-19(15-24)26-3/h6-11,14,19H,4-5,12-13,15H2,1-3H3,(H,23,25). The number of hydrogen-bond acceptors (Lipinski definition) is 5. The molecule has 6 nitrogen and oxygen atoms in total. The van der Waals surface area contributed by atoms with E-state index in [1.807, 2.05) is 38.1 Å². The Kier molecular flexibility index (Phi) is 6.76. The summed E-state index contributed by atoms with van der Waals surface area (Å²) in [6.07, 6.45) is 1.33. The van der Waals surface area contributed by atoms with Crippen LogP contribution in [0.5, 0.6) is 11.5 Å². The minimum atomic E-state index is -0.183. The summed E-state index contributed by atoms with van der Waals surface area (Å²) in [5.74, 6) is 1.04. The third-order valence-electron chi connectivity index (χ3n) is 4.77. The van der Waals surface area contributed by atoms with Gasteiger partial charge in [-0.05, 0) is 62.7 Å². The minimum absolute atomic E-state index is 0.183. The number of anilines is 2. The molecule has 2 aromatic carbocycles. The smallest absolute Gasteiger partial charge is 0.255 e. The van der Waals surface area contributed by atoms with Crippen LogP contribution < -0.4 is 19.7 Å². The van der Waals surface area contributed by atoms with Crippen molar-refractivity contribution in [3.05, 3.63) is 48.0 Å². The molecular weight excluding hydrogens is 356 g/mol. The normalized spacial score (nSPS) is 16.1. The monoisotopic (exact) mass is 384 g/mol. The van der Waals surface area contributed by atoms with E-state index >= 15 is 0 Å². The van der Waals surface area contributed by atoms with Crippen molar-refractivity contribution >= 4 is 17.3 Å². The first-order valence-corrected chi connectivity index (χ1v) is 9.73. The zero-order valence-corrected chi connectivity index (χ0v) is 16.7. The Hall–Kier alpha value is -2.73. The van der Waals surface area contributed by atoms with Gasteiger partial charge in [0, 0.05) is 37.1 Å². The number of ether oxygens (including phenoxy) is 3. The van der Waals surface area contributed by atoms with Crippen molar-refractivity contribution in [2.45, 2.75) is 26.4 Å². The van der Waals surface area contributed by atoms with Gasteiger partial charge in [-0.15, -0.1) is 0 Å². The maximum Gasteiger partial charge on any atom is 0.255 e. The predicted molar refractivity (Wildman–Crippen MR) is 111 cm³/mol. The Balaban J connectivity index is 1.66. The zero-order chi connectivity index (χ0) is 19.9. The molecule has 1 atom stereocenters. The lowest BCUT2D eigenvalue weighted by atomic mass is 10.1. The summed E-state index contributed by atoms with van der Waals surface area (Å²) >= 11 is 0. The van der Waals surface area contributed by atoms with E-state index in [1.54, 1.807) is 25.3 Å². The molecule has 0 aliphatic carbocycles. The molecule has 0 saturated carbocycles. The highest BCUT2D eigenvalue weighted by Crippen LogP contribution is 2.29. The molecule has 1 unspecified atom stereocenters. The zero-order valence-electron chi connectivity index (χ0n) is 16.7. The first-order valence-electron chi connectivity index (χ1n) is 9.73. The summed E-state index contributed by atoms with van der Waals surface area (Å²) in [5.41, 5.74) is 2.42. The van der Waals surface area contributed by atoms with Crippen molar-refractivity contribution in [1.82, 2.24) is 0 Å². The second kappa shape index (κ2) is 9.46. The molecule has 1 aliphatic rings. The Labute approximate surface area is 166 Å². The van der Waals surface area contributed by atoms with Gasteiger partial charge in [-0.25, -0.2) is 0 Å². The highest BCUT2D eigenvalue weighted by molar-refractivity contribution is 6.04. The Morgan fingerprint density at radius 3 is 2.43 bits per heavy atom. The van der Waals surface area contributed by atoms with Gasteiger partial charge in [0.1, 0.15) is 0 Å². The molecule has 0 radical (unpaired) electrons. The number of carbonyl (C=O) groups is 1. The lowest BCUT2D eigenvalue weighted by molar-refractivity contribution is 0.102. The average molecular weight is 384 g/mol. The number of nitrogens with one attached hydrogen (secondary N) is 1. The van der Waals surface area contributed by atoms with Gasteiger partial charge in [0.2, 0.25) is 0 Å². The van der Waals surface area contributed by atoms with Crippen molar-refractivity contribution in [2.75, 3.05) is 43.6 Å². The summed E-state index contributed by atoms with van der Waals surface area (Å²) in [6.45, 7) is 6.75. The molecule has 1 N–H and O–H groups in total. The maximum atomic E-state index is 12.6. The van der Waals surface area contributed by atoms with Crippen LogP contribution in [-0.4, -0.2) is 45.4 Å². The van der Waals surface area contributed by atoms with Crippen LogP contribution in [-0.2, 0) is 4.74 Å². The quantitative estimate of drug-likeness (QED) is 0.746. The van der Waals surface area contributed by atoms with Gasteiger partial charge >= 0.3 is 0 Å². The fourth-order valence-corrected chi connectivity index (χ4v) is 3.31. The maximum absolute atomic E-state index is 12.6. The van der Waals surface area contributed by atoms with Crippen LogP contribution >= 0.6 is 0 Å². The van der Waals surface area contributed by atoms with Crippen LogP contribution in [0.1, 0.15) is 30.6 Å². The molecule has 0 spiro atoms. The van der Waals surface area contributed by atoms with Crippen LogP contribution in [0.15, 0.2) is 42.5 Å². The van der Waals surface area contributed by atoms with E-state index < -0.39 is 0 Å². The number of nitrogens with zero attached hydrogens (tertiary/aromatic N) is 1. The van der Waals surface area contributed by atoms with Crippen LogP contribution in [0.25, 0.3) is 0 Å². The molecule has 2 aromatic rings. The number of rotatable bonds is 8. The average Bonchev–Trinajstić information content (AvgIpc) is 3.19. The van der Waals surface area contributed by atoms with E-state index in [1.165, 1.54) is 0 Å². The van der Waals surface area contributed by atoms with Crippen molar-refractivity contribution < 1.29 is 19.0 Å². The molecule has 3 rings (SSSR count). The number of hydrogen-bond donors (Lipinski definition) is 1. The van der Waals surface area contributed by atoms with E-state index in [-0.39, 0.29) is 5.91 Å². The van der Waals surface area contributed by atoms with Crippen molar-refractivity contribution in [3.8, 4) is 11.5 Å². The lowest BCUT2D eigenvalue weighted by Gasteiger charge is -2.18. The molecule has 1 saturated heterocycles.